The molecule has 0 radical (unpaired) electrons. The van der Waals surface area contributed by atoms with Gasteiger partial charge in [0.2, 0.25) is 5.91 Å². The Bertz CT molecular complexity index is 1000. The van der Waals surface area contributed by atoms with E-state index < -0.39 is 0 Å². The predicted octanol–water partition coefficient (Wildman–Crippen LogP) is 4.49. The first-order valence-corrected chi connectivity index (χ1v) is 10.1. The summed E-state index contributed by atoms with van der Waals surface area (Å²) in [7, 11) is 0. The van der Waals surface area contributed by atoms with Crippen molar-refractivity contribution in [2.45, 2.75) is 19.1 Å². The molecule has 0 bridgehead atoms. The van der Waals surface area contributed by atoms with Crippen LogP contribution in [0.25, 0.3) is 5.69 Å². The van der Waals surface area contributed by atoms with Gasteiger partial charge in [-0.05, 0) is 55.8 Å². The second-order valence-electron chi connectivity index (χ2n) is 6.48. The minimum atomic E-state index is -0.314. The molecule has 0 saturated carbocycles. The number of aryl methyl sites for hydroxylation is 1. The van der Waals surface area contributed by atoms with Crippen LogP contribution in [0.4, 0.5) is 10.2 Å². The molecule has 4 rings (SSSR count). The second-order valence-corrected chi connectivity index (χ2v) is 7.57. The van der Waals surface area contributed by atoms with Gasteiger partial charge >= 0.3 is 0 Å². The molecule has 5 nitrogen and oxygen atoms in total. The number of amides is 1. The van der Waals surface area contributed by atoms with Gasteiger partial charge < -0.3 is 10.1 Å². The maximum absolute atomic E-state index is 13.3. The minimum absolute atomic E-state index is 0.0428. The van der Waals surface area contributed by atoms with E-state index in [-0.39, 0.29) is 17.0 Å². The largest absolute Gasteiger partial charge is 0.494 e. The van der Waals surface area contributed by atoms with Crippen LogP contribution >= 0.6 is 11.8 Å². The summed E-state index contributed by atoms with van der Waals surface area (Å²) in [5.74, 6) is 1.40. The molecular formula is C21H20FN3O2S. The molecule has 28 heavy (non-hydrogen) atoms. The zero-order valence-electron chi connectivity index (χ0n) is 15.6. The molecule has 0 spiro atoms. The Hall–Kier alpha value is -2.80. The molecule has 0 unspecified atom stereocenters. The van der Waals surface area contributed by atoms with Crippen molar-refractivity contribution in [3.8, 4) is 11.4 Å². The smallest absolute Gasteiger partial charge is 0.235 e. The van der Waals surface area contributed by atoms with Crippen molar-refractivity contribution in [2.75, 3.05) is 17.7 Å². The normalized spacial score (nSPS) is 16.2. The van der Waals surface area contributed by atoms with Crippen LogP contribution in [0.15, 0.2) is 48.5 Å². The lowest BCUT2D eigenvalue weighted by Gasteiger charge is -2.16. The third kappa shape index (κ3) is 3.49. The number of nitrogens with one attached hydrogen (secondary N) is 1. The van der Waals surface area contributed by atoms with Crippen molar-refractivity contribution in [3.63, 3.8) is 0 Å². The van der Waals surface area contributed by atoms with Crippen LogP contribution in [-0.4, -0.2) is 28.0 Å². The number of ether oxygens (including phenoxy) is 1. The molecule has 1 atom stereocenters. The Morgan fingerprint density at radius 1 is 1.21 bits per heavy atom. The Morgan fingerprint density at radius 2 is 1.93 bits per heavy atom. The summed E-state index contributed by atoms with van der Waals surface area (Å²) >= 11 is 1.57. The summed E-state index contributed by atoms with van der Waals surface area (Å²) in [5.41, 5.74) is 3.56. The van der Waals surface area contributed by atoms with E-state index in [1.807, 2.05) is 38.1 Å². The van der Waals surface area contributed by atoms with Gasteiger partial charge in [-0.3, -0.25) is 4.79 Å². The van der Waals surface area contributed by atoms with Gasteiger partial charge in [-0.25, -0.2) is 9.07 Å². The Balaban J connectivity index is 1.80. The number of carbonyl (C=O) groups is 1. The van der Waals surface area contributed by atoms with Gasteiger partial charge in [-0.15, -0.1) is 11.8 Å². The number of anilines is 1. The van der Waals surface area contributed by atoms with Crippen LogP contribution in [0, 0.1) is 12.7 Å². The average Bonchev–Trinajstić information content (AvgIpc) is 2.89. The fourth-order valence-corrected chi connectivity index (χ4v) is 4.51. The van der Waals surface area contributed by atoms with Gasteiger partial charge in [0.15, 0.2) is 0 Å². The summed E-state index contributed by atoms with van der Waals surface area (Å²) in [4.78, 5) is 12.4. The molecule has 0 aliphatic carbocycles. The molecule has 1 aliphatic heterocycles. The predicted molar refractivity (Wildman–Crippen MR) is 109 cm³/mol. The standard InChI is InChI=1S/C21H20FN3O2S/c1-3-27-17-10-4-14(5-11-17)20-19-13(2)24-25(16-8-6-15(22)7-9-16)21(19)23-18(26)12-28-20/h4-11,20H,3,12H2,1-2H3,(H,23,26)/t20-/m1/s1. The Kier molecular flexibility index (Phi) is 5.09. The SMILES string of the molecule is CCOc1ccc([C@H]2SCC(=O)Nc3c2c(C)nn3-c2ccc(F)cc2)cc1. The highest BCUT2D eigenvalue weighted by molar-refractivity contribution is 8.00. The van der Waals surface area contributed by atoms with Crippen LogP contribution in [0.2, 0.25) is 0 Å². The molecule has 0 fully saturated rings. The molecule has 2 heterocycles. The van der Waals surface area contributed by atoms with Crippen LogP contribution < -0.4 is 10.1 Å². The maximum atomic E-state index is 13.3. The maximum Gasteiger partial charge on any atom is 0.235 e. The fraction of sp³-hybridized carbons (Fsp3) is 0.238. The number of nitrogens with zero attached hydrogens (tertiary/aromatic N) is 2. The summed E-state index contributed by atoms with van der Waals surface area (Å²) < 4.78 is 20.5. The first kappa shape index (κ1) is 18.6. The fourth-order valence-electron chi connectivity index (χ4n) is 3.32. The number of benzene rings is 2. The van der Waals surface area contributed by atoms with E-state index in [0.717, 1.165) is 22.6 Å². The van der Waals surface area contributed by atoms with Gasteiger partial charge in [-0.2, -0.15) is 5.10 Å². The molecule has 2 aromatic carbocycles. The quantitative estimate of drug-likeness (QED) is 0.705. The van der Waals surface area contributed by atoms with E-state index in [9.17, 15) is 9.18 Å². The third-order valence-corrected chi connectivity index (χ3v) is 5.84. The zero-order valence-corrected chi connectivity index (χ0v) is 16.4. The van der Waals surface area contributed by atoms with E-state index in [0.29, 0.717) is 23.9 Å². The lowest BCUT2D eigenvalue weighted by atomic mass is 10.0. The molecule has 3 aromatic rings. The highest BCUT2D eigenvalue weighted by Crippen LogP contribution is 2.44. The van der Waals surface area contributed by atoms with Crippen LogP contribution in [0.3, 0.4) is 0 Å². The number of fused-ring (bicyclic) bond motifs is 1. The van der Waals surface area contributed by atoms with E-state index in [2.05, 4.69) is 10.4 Å². The summed E-state index contributed by atoms with van der Waals surface area (Å²) in [5, 5.41) is 7.57. The summed E-state index contributed by atoms with van der Waals surface area (Å²) in [6, 6.07) is 14.0. The topological polar surface area (TPSA) is 56.1 Å². The van der Waals surface area contributed by atoms with Crippen molar-refractivity contribution < 1.29 is 13.9 Å². The van der Waals surface area contributed by atoms with Crippen molar-refractivity contribution in [1.29, 1.82) is 0 Å². The van der Waals surface area contributed by atoms with E-state index in [1.54, 1.807) is 28.6 Å². The number of hydrogen-bond donors (Lipinski definition) is 1. The van der Waals surface area contributed by atoms with Gasteiger partial charge in [-0.1, -0.05) is 12.1 Å². The second kappa shape index (κ2) is 7.67. The summed E-state index contributed by atoms with van der Waals surface area (Å²) in [6.45, 7) is 4.49. The highest BCUT2D eigenvalue weighted by atomic mass is 32.2. The van der Waals surface area contributed by atoms with Gasteiger partial charge in [0.25, 0.3) is 0 Å². The number of carbonyl (C=O) groups excluding carboxylic acids is 1. The van der Waals surface area contributed by atoms with Crippen molar-refractivity contribution >= 4 is 23.5 Å². The number of aromatic nitrogens is 2. The lowest BCUT2D eigenvalue weighted by molar-refractivity contribution is -0.113. The van der Waals surface area contributed by atoms with Crippen molar-refractivity contribution in [2.24, 2.45) is 0 Å². The molecule has 7 heteroatoms. The highest BCUT2D eigenvalue weighted by Gasteiger charge is 2.30. The van der Waals surface area contributed by atoms with E-state index in [1.165, 1.54) is 12.1 Å². The summed E-state index contributed by atoms with van der Waals surface area (Å²) in [6.07, 6.45) is 0. The zero-order chi connectivity index (χ0) is 19.7. The molecule has 1 aliphatic rings. The minimum Gasteiger partial charge on any atom is -0.494 e. The number of thioether (sulfide) groups is 1. The molecule has 1 amide bonds. The van der Waals surface area contributed by atoms with Gasteiger partial charge in [0, 0.05) is 5.56 Å². The molecular weight excluding hydrogens is 377 g/mol. The Labute approximate surface area is 166 Å². The van der Waals surface area contributed by atoms with Crippen molar-refractivity contribution in [1.82, 2.24) is 9.78 Å². The van der Waals surface area contributed by atoms with E-state index in [4.69, 9.17) is 4.74 Å². The molecule has 144 valence electrons. The third-order valence-electron chi connectivity index (χ3n) is 4.57. The van der Waals surface area contributed by atoms with E-state index >= 15 is 0 Å². The van der Waals surface area contributed by atoms with Crippen LogP contribution in [-0.2, 0) is 4.79 Å². The average molecular weight is 397 g/mol. The van der Waals surface area contributed by atoms with Crippen LogP contribution in [0.5, 0.6) is 5.75 Å². The first-order valence-electron chi connectivity index (χ1n) is 9.06. The van der Waals surface area contributed by atoms with Crippen molar-refractivity contribution in [3.05, 3.63) is 71.2 Å². The van der Waals surface area contributed by atoms with Crippen LogP contribution in [0.1, 0.15) is 29.0 Å². The first-order chi connectivity index (χ1) is 13.6. The number of halogens is 1. The number of rotatable bonds is 4. The van der Waals surface area contributed by atoms with Gasteiger partial charge in [0.1, 0.15) is 17.4 Å². The molecule has 0 saturated heterocycles. The van der Waals surface area contributed by atoms with Gasteiger partial charge in [0.05, 0.1) is 29.0 Å². The lowest BCUT2D eigenvalue weighted by Crippen LogP contribution is -2.15. The number of hydrogen-bond acceptors (Lipinski definition) is 4. The Morgan fingerprint density at radius 3 is 2.61 bits per heavy atom. The molecule has 1 N–H and O–H groups in total. The monoisotopic (exact) mass is 397 g/mol. The molecule has 1 aromatic heterocycles.